The van der Waals surface area contributed by atoms with Gasteiger partial charge in [0.25, 0.3) is 5.91 Å². The summed E-state index contributed by atoms with van der Waals surface area (Å²) >= 11 is 0. The molecular weight excluding hydrogens is 422 g/mol. The minimum absolute atomic E-state index is 0.0479. The highest BCUT2D eigenvalue weighted by Crippen LogP contribution is 2.42. The van der Waals surface area contributed by atoms with Crippen LogP contribution in [0, 0.1) is 0 Å². The summed E-state index contributed by atoms with van der Waals surface area (Å²) in [6.07, 6.45) is 2.64. The fourth-order valence-corrected chi connectivity index (χ4v) is 7.26. The molecule has 2 heterocycles. The molecular formula is C26H27NO4S. The van der Waals surface area contributed by atoms with Gasteiger partial charge in [0.1, 0.15) is 5.75 Å². The first-order valence-corrected chi connectivity index (χ1v) is 12.8. The van der Waals surface area contributed by atoms with Gasteiger partial charge in [-0.25, -0.2) is 8.42 Å². The van der Waals surface area contributed by atoms with Crippen molar-refractivity contribution in [2.45, 2.75) is 54.8 Å². The fourth-order valence-electron chi connectivity index (χ4n) is 5.39. The number of benzene rings is 3. The van der Waals surface area contributed by atoms with Crippen molar-refractivity contribution >= 4 is 26.5 Å². The first-order valence-electron chi connectivity index (χ1n) is 11.3. The lowest BCUT2D eigenvalue weighted by Gasteiger charge is -2.39. The van der Waals surface area contributed by atoms with Crippen molar-refractivity contribution in [2.24, 2.45) is 0 Å². The molecule has 32 heavy (non-hydrogen) atoms. The summed E-state index contributed by atoms with van der Waals surface area (Å²) in [5.41, 5.74) is 0.589. The van der Waals surface area contributed by atoms with Gasteiger partial charge in [0.15, 0.2) is 9.84 Å². The summed E-state index contributed by atoms with van der Waals surface area (Å²) < 4.78 is 32.3. The Labute approximate surface area is 188 Å². The standard InChI is InChI=1S/C26H27NO4S/c1-2-31-24-15-12-18-8-6-7-11-23(18)25(24)26(28)27-19-13-14-20(27)17-22(16-19)32(29,30)21-9-4-3-5-10-21/h3-12,15,19-20,22H,2,13-14,16-17H2,1H3. The van der Waals surface area contributed by atoms with Gasteiger partial charge in [-0.2, -0.15) is 0 Å². The maximum Gasteiger partial charge on any atom is 0.258 e. The quantitative estimate of drug-likeness (QED) is 0.559. The molecule has 1 amide bonds. The lowest BCUT2D eigenvalue weighted by molar-refractivity contribution is 0.0596. The Kier molecular flexibility index (Phi) is 5.41. The van der Waals surface area contributed by atoms with Crippen LogP contribution in [0.3, 0.4) is 0 Å². The van der Waals surface area contributed by atoms with Gasteiger partial charge in [0.05, 0.1) is 22.3 Å². The summed E-state index contributed by atoms with van der Waals surface area (Å²) in [7, 11) is -3.42. The van der Waals surface area contributed by atoms with E-state index in [0.29, 0.717) is 35.7 Å². The van der Waals surface area contributed by atoms with Crippen LogP contribution in [-0.4, -0.2) is 43.2 Å². The van der Waals surface area contributed by atoms with Gasteiger partial charge in [-0.3, -0.25) is 4.79 Å². The highest BCUT2D eigenvalue weighted by Gasteiger charge is 2.47. The second-order valence-electron chi connectivity index (χ2n) is 8.64. The molecule has 0 radical (unpaired) electrons. The van der Waals surface area contributed by atoms with Crippen LogP contribution < -0.4 is 4.74 Å². The van der Waals surface area contributed by atoms with Crippen molar-refractivity contribution in [3.8, 4) is 5.75 Å². The van der Waals surface area contributed by atoms with Gasteiger partial charge in [-0.15, -0.1) is 0 Å². The third-order valence-electron chi connectivity index (χ3n) is 6.84. The molecule has 5 rings (SSSR count). The summed E-state index contributed by atoms with van der Waals surface area (Å²) in [4.78, 5) is 16.2. The number of ether oxygens (including phenoxy) is 1. The molecule has 0 spiro atoms. The van der Waals surface area contributed by atoms with Crippen LogP contribution in [0.25, 0.3) is 10.8 Å². The van der Waals surface area contributed by atoms with Gasteiger partial charge < -0.3 is 9.64 Å². The largest absolute Gasteiger partial charge is 0.493 e. The van der Waals surface area contributed by atoms with Crippen LogP contribution in [-0.2, 0) is 9.84 Å². The second-order valence-corrected chi connectivity index (χ2v) is 10.9. The van der Waals surface area contributed by atoms with E-state index in [9.17, 15) is 13.2 Å². The van der Waals surface area contributed by atoms with Crippen LogP contribution in [0.1, 0.15) is 43.0 Å². The van der Waals surface area contributed by atoms with Crippen molar-refractivity contribution < 1.29 is 17.9 Å². The van der Waals surface area contributed by atoms with Crippen LogP contribution in [0.4, 0.5) is 0 Å². The van der Waals surface area contributed by atoms with E-state index in [4.69, 9.17) is 4.74 Å². The molecule has 2 unspecified atom stereocenters. The summed E-state index contributed by atoms with van der Waals surface area (Å²) in [5, 5.41) is 1.42. The number of rotatable bonds is 5. The molecule has 6 heteroatoms. The second kappa shape index (κ2) is 8.24. The van der Waals surface area contributed by atoms with E-state index in [2.05, 4.69) is 0 Å². The summed E-state index contributed by atoms with van der Waals surface area (Å²) in [6.45, 7) is 2.38. The smallest absolute Gasteiger partial charge is 0.258 e. The maximum absolute atomic E-state index is 13.9. The highest BCUT2D eigenvalue weighted by molar-refractivity contribution is 7.92. The van der Waals surface area contributed by atoms with E-state index >= 15 is 0 Å². The summed E-state index contributed by atoms with van der Waals surface area (Å²) in [6, 6.07) is 20.2. The zero-order valence-electron chi connectivity index (χ0n) is 18.1. The van der Waals surface area contributed by atoms with Crippen LogP contribution >= 0.6 is 0 Å². The summed E-state index contributed by atoms with van der Waals surface area (Å²) in [5.74, 6) is 0.544. The van der Waals surface area contributed by atoms with E-state index < -0.39 is 15.1 Å². The lowest BCUT2D eigenvalue weighted by Crippen LogP contribution is -2.49. The SMILES string of the molecule is CCOc1ccc2ccccc2c1C(=O)N1C2CCC1CC(S(=O)(=O)c1ccccc1)C2. The van der Waals surface area contributed by atoms with E-state index in [-0.39, 0.29) is 18.0 Å². The number of carbonyl (C=O) groups is 1. The monoisotopic (exact) mass is 449 g/mol. The lowest BCUT2D eigenvalue weighted by atomic mass is 9.97. The number of fused-ring (bicyclic) bond motifs is 3. The average molecular weight is 450 g/mol. The number of hydrogen-bond donors (Lipinski definition) is 0. The molecule has 2 aliphatic heterocycles. The first-order chi connectivity index (χ1) is 15.5. The molecule has 2 saturated heterocycles. The molecule has 2 atom stereocenters. The van der Waals surface area contributed by atoms with Gasteiger partial charge >= 0.3 is 0 Å². The predicted octanol–water partition coefficient (Wildman–Crippen LogP) is 4.85. The van der Waals surface area contributed by atoms with E-state index in [1.807, 2.05) is 54.3 Å². The van der Waals surface area contributed by atoms with Crippen molar-refractivity contribution in [3.63, 3.8) is 0 Å². The van der Waals surface area contributed by atoms with Gasteiger partial charge in [-0.05, 0) is 61.6 Å². The zero-order chi connectivity index (χ0) is 22.3. The van der Waals surface area contributed by atoms with Crippen molar-refractivity contribution in [2.75, 3.05) is 6.61 Å². The number of carbonyl (C=O) groups excluding carboxylic acids is 1. The number of amides is 1. The highest BCUT2D eigenvalue weighted by atomic mass is 32.2. The molecule has 0 saturated carbocycles. The van der Waals surface area contributed by atoms with Gasteiger partial charge in [0, 0.05) is 12.1 Å². The number of hydrogen-bond acceptors (Lipinski definition) is 4. The van der Waals surface area contributed by atoms with Gasteiger partial charge in [0.2, 0.25) is 0 Å². The topological polar surface area (TPSA) is 63.7 Å². The molecule has 0 N–H and O–H groups in total. The van der Waals surface area contributed by atoms with Gasteiger partial charge in [-0.1, -0.05) is 48.5 Å². The molecule has 2 bridgehead atoms. The van der Waals surface area contributed by atoms with E-state index in [0.717, 1.165) is 23.6 Å². The van der Waals surface area contributed by atoms with Crippen molar-refractivity contribution in [3.05, 3.63) is 72.3 Å². The minimum atomic E-state index is -3.42. The predicted molar refractivity (Wildman–Crippen MR) is 125 cm³/mol. The first kappa shape index (κ1) is 21.0. The Morgan fingerprint density at radius 3 is 2.28 bits per heavy atom. The Hall–Kier alpha value is -2.86. The zero-order valence-corrected chi connectivity index (χ0v) is 18.9. The normalized spacial score (nSPS) is 22.8. The molecule has 0 aromatic heterocycles. The Bertz CT molecular complexity index is 1240. The molecule has 3 aromatic carbocycles. The third kappa shape index (κ3) is 3.47. The molecule has 3 aromatic rings. The molecule has 0 aliphatic carbocycles. The van der Waals surface area contributed by atoms with Crippen LogP contribution in [0.5, 0.6) is 5.75 Å². The minimum Gasteiger partial charge on any atom is -0.493 e. The molecule has 166 valence electrons. The van der Waals surface area contributed by atoms with E-state index in [1.165, 1.54) is 0 Å². The fraction of sp³-hybridized carbons (Fsp3) is 0.346. The maximum atomic E-state index is 13.9. The van der Waals surface area contributed by atoms with Crippen LogP contribution in [0.2, 0.25) is 0 Å². The molecule has 2 fully saturated rings. The number of nitrogens with zero attached hydrogens (tertiary/aromatic N) is 1. The van der Waals surface area contributed by atoms with Crippen molar-refractivity contribution in [1.29, 1.82) is 0 Å². The van der Waals surface area contributed by atoms with E-state index in [1.54, 1.807) is 24.3 Å². The Morgan fingerprint density at radius 2 is 1.59 bits per heavy atom. The molecule has 5 nitrogen and oxygen atoms in total. The number of piperidine rings is 1. The molecule has 2 aliphatic rings. The number of sulfone groups is 1. The van der Waals surface area contributed by atoms with Crippen molar-refractivity contribution in [1.82, 2.24) is 4.90 Å². The third-order valence-corrected chi connectivity index (χ3v) is 9.03. The average Bonchev–Trinajstić information content (AvgIpc) is 3.08. The Morgan fingerprint density at radius 1 is 0.938 bits per heavy atom. The van der Waals surface area contributed by atoms with Crippen LogP contribution in [0.15, 0.2) is 71.6 Å². The Balaban J connectivity index is 1.48.